The van der Waals surface area contributed by atoms with Crippen molar-refractivity contribution in [1.82, 2.24) is 0 Å². The van der Waals surface area contributed by atoms with Gasteiger partial charge >= 0.3 is 6.61 Å². The van der Waals surface area contributed by atoms with Gasteiger partial charge in [-0.2, -0.15) is 8.78 Å². The van der Waals surface area contributed by atoms with Gasteiger partial charge in [-0.1, -0.05) is 47.5 Å². The van der Waals surface area contributed by atoms with Crippen LogP contribution in [0.25, 0.3) is 0 Å². The topological polar surface area (TPSA) is 21.3 Å². The van der Waals surface area contributed by atoms with Gasteiger partial charge in [0, 0.05) is 5.56 Å². The highest BCUT2D eigenvalue weighted by Crippen LogP contribution is 2.35. The molecule has 112 valence electrons. The predicted molar refractivity (Wildman–Crippen MR) is 81.6 cm³/mol. The summed E-state index contributed by atoms with van der Waals surface area (Å²) in [6.45, 7) is -1.06. The highest BCUT2D eigenvalue weighted by Gasteiger charge is 2.16. The summed E-state index contributed by atoms with van der Waals surface area (Å²) < 4.78 is 29.4. The first-order valence-electron chi connectivity index (χ1n) is 6.23. The molecule has 0 aliphatic rings. The van der Waals surface area contributed by atoms with Gasteiger partial charge in [-0.3, -0.25) is 0 Å². The van der Waals surface area contributed by atoms with Crippen molar-refractivity contribution in [2.75, 3.05) is 5.32 Å². The quantitative estimate of drug-likeness (QED) is 0.751. The van der Waals surface area contributed by atoms with Gasteiger partial charge in [-0.15, -0.1) is 0 Å². The Kier molecular flexibility index (Phi) is 5.26. The smallest absolute Gasteiger partial charge is 0.387 e. The Morgan fingerprint density at radius 2 is 1.62 bits per heavy atom. The lowest BCUT2D eigenvalue weighted by Crippen LogP contribution is -2.11. The summed E-state index contributed by atoms with van der Waals surface area (Å²) in [6, 6.07) is 11.4. The number of ether oxygens (including phenoxy) is 1. The van der Waals surface area contributed by atoms with Crippen LogP contribution in [0.3, 0.4) is 0 Å². The van der Waals surface area contributed by atoms with Crippen LogP contribution >= 0.6 is 23.2 Å². The van der Waals surface area contributed by atoms with Gasteiger partial charge < -0.3 is 10.1 Å². The molecule has 21 heavy (non-hydrogen) atoms. The third-order valence-corrected chi connectivity index (χ3v) is 3.56. The van der Waals surface area contributed by atoms with Gasteiger partial charge in [0.25, 0.3) is 0 Å². The van der Waals surface area contributed by atoms with Crippen LogP contribution in [0.4, 0.5) is 14.5 Å². The van der Waals surface area contributed by atoms with Crippen molar-refractivity contribution in [3.8, 4) is 5.75 Å². The maximum Gasteiger partial charge on any atom is 0.387 e. The molecular weight excluding hydrogens is 319 g/mol. The minimum absolute atomic E-state index is 0.121. The van der Waals surface area contributed by atoms with E-state index in [-0.39, 0.29) is 11.8 Å². The van der Waals surface area contributed by atoms with E-state index in [4.69, 9.17) is 23.2 Å². The number of anilines is 1. The fourth-order valence-corrected chi connectivity index (χ4v) is 2.48. The van der Waals surface area contributed by atoms with Crippen molar-refractivity contribution in [3.63, 3.8) is 0 Å². The highest BCUT2D eigenvalue weighted by molar-refractivity contribution is 6.39. The van der Waals surface area contributed by atoms with E-state index in [1.807, 2.05) is 6.92 Å². The molecule has 0 aromatic heterocycles. The molecule has 0 aliphatic heterocycles. The average molecular weight is 332 g/mol. The summed E-state index contributed by atoms with van der Waals surface area (Å²) in [5, 5.41) is 4.04. The molecule has 0 heterocycles. The number of benzene rings is 2. The van der Waals surface area contributed by atoms with Crippen LogP contribution in [0, 0.1) is 0 Å². The number of rotatable bonds is 5. The summed E-state index contributed by atoms with van der Waals surface area (Å²) in [4.78, 5) is 0. The van der Waals surface area contributed by atoms with Crippen LogP contribution in [-0.2, 0) is 0 Å². The van der Waals surface area contributed by atoms with Crippen molar-refractivity contribution >= 4 is 28.9 Å². The zero-order chi connectivity index (χ0) is 15.4. The fraction of sp³-hybridized carbons (Fsp3) is 0.200. The molecule has 1 atom stereocenters. The van der Waals surface area contributed by atoms with Crippen LogP contribution < -0.4 is 10.1 Å². The summed E-state index contributed by atoms with van der Waals surface area (Å²) in [7, 11) is 0. The van der Waals surface area contributed by atoms with Crippen LogP contribution in [-0.4, -0.2) is 6.61 Å². The minimum Gasteiger partial charge on any atom is -0.434 e. The van der Waals surface area contributed by atoms with Gasteiger partial charge in [0.05, 0.1) is 21.8 Å². The molecule has 0 spiro atoms. The van der Waals surface area contributed by atoms with Crippen LogP contribution in [0.1, 0.15) is 18.5 Å². The van der Waals surface area contributed by atoms with E-state index in [9.17, 15) is 8.78 Å². The first-order chi connectivity index (χ1) is 9.99. The number of hydrogen-bond acceptors (Lipinski definition) is 2. The molecule has 1 N–H and O–H groups in total. The molecular formula is C15H13Cl2F2NO. The Morgan fingerprint density at radius 1 is 1.00 bits per heavy atom. The van der Waals surface area contributed by atoms with Crippen molar-refractivity contribution in [3.05, 3.63) is 58.1 Å². The lowest BCUT2D eigenvalue weighted by atomic mass is 10.1. The normalized spacial score (nSPS) is 12.3. The van der Waals surface area contributed by atoms with Crippen LogP contribution in [0.2, 0.25) is 10.0 Å². The molecule has 0 aliphatic carbocycles. The second kappa shape index (κ2) is 6.96. The van der Waals surface area contributed by atoms with Gasteiger partial charge in [-0.05, 0) is 25.1 Å². The predicted octanol–water partition coefficient (Wildman–Crippen LogP) is 5.77. The number of hydrogen-bond donors (Lipinski definition) is 1. The standard InChI is InChI=1S/C15H13Cl2F2NO/c1-9(20-14-11(16)6-4-7-12(14)17)10-5-2-3-8-13(10)21-15(18)19/h2-9,15,20H,1H3. The van der Waals surface area contributed by atoms with E-state index in [1.54, 1.807) is 36.4 Å². The van der Waals surface area contributed by atoms with E-state index in [2.05, 4.69) is 10.1 Å². The zero-order valence-electron chi connectivity index (χ0n) is 11.1. The number of halogens is 4. The highest BCUT2D eigenvalue weighted by atomic mass is 35.5. The third-order valence-electron chi connectivity index (χ3n) is 2.93. The molecule has 2 nitrogen and oxygen atoms in total. The summed E-state index contributed by atoms with van der Waals surface area (Å²) in [5.41, 5.74) is 1.15. The van der Waals surface area contributed by atoms with Gasteiger partial charge in [0.15, 0.2) is 0 Å². The second-order valence-electron chi connectivity index (χ2n) is 4.38. The summed E-state index contributed by atoms with van der Waals surface area (Å²) >= 11 is 12.2. The van der Waals surface area contributed by atoms with E-state index >= 15 is 0 Å². The first kappa shape index (κ1) is 15.9. The van der Waals surface area contributed by atoms with Crippen molar-refractivity contribution < 1.29 is 13.5 Å². The maximum atomic E-state index is 12.4. The van der Waals surface area contributed by atoms with Gasteiger partial charge in [-0.25, -0.2) is 0 Å². The number of alkyl halides is 2. The molecule has 0 radical (unpaired) electrons. The Bertz CT molecular complexity index is 602. The van der Waals surface area contributed by atoms with E-state index in [1.165, 1.54) is 6.07 Å². The van der Waals surface area contributed by atoms with E-state index < -0.39 is 6.61 Å². The Hall–Kier alpha value is -1.52. The maximum absolute atomic E-state index is 12.4. The zero-order valence-corrected chi connectivity index (χ0v) is 12.6. The largest absolute Gasteiger partial charge is 0.434 e. The second-order valence-corrected chi connectivity index (χ2v) is 5.19. The molecule has 2 rings (SSSR count). The number of para-hydroxylation sites is 2. The minimum atomic E-state index is -2.87. The summed E-state index contributed by atoms with van der Waals surface area (Å²) in [6.07, 6.45) is 0. The monoisotopic (exact) mass is 331 g/mol. The molecule has 6 heteroatoms. The number of nitrogens with one attached hydrogen (secondary N) is 1. The molecule has 0 saturated heterocycles. The molecule has 0 bridgehead atoms. The first-order valence-corrected chi connectivity index (χ1v) is 6.99. The van der Waals surface area contributed by atoms with E-state index in [0.717, 1.165) is 0 Å². The molecule has 0 amide bonds. The third kappa shape index (κ3) is 3.99. The van der Waals surface area contributed by atoms with Crippen molar-refractivity contribution in [1.29, 1.82) is 0 Å². The lowest BCUT2D eigenvalue weighted by molar-refractivity contribution is -0.0505. The van der Waals surface area contributed by atoms with Crippen molar-refractivity contribution in [2.24, 2.45) is 0 Å². The summed E-state index contributed by atoms with van der Waals surface area (Å²) in [5.74, 6) is 0.121. The molecule has 1 unspecified atom stereocenters. The Morgan fingerprint density at radius 3 is 2.24 bits per heavy atom. The molecule has 0 fully saturated rings. The fourth-order valence-electron chi connectivity index (χ4n) is 1.97. The van der Waals surface area contributed by atoms with Crippen molar-refractivity contribution in [2.45, 2.75) is 19.6 Å². The molecule has 2 aromatic rings. The van der Waals surface area contributed by atoms with E-state index in [0.29, 0.717) is 21.3 Å². The molecule has 2 aromatic carbocycles. The van der Waals surface area contributed by atoms with Gasteiger partial charge in [0.1, 0.15) is 5.75 Å². The SMILES string of the molecule is CC(Nc1c(Cl)cccc1Cl)c1ccccc1OC(F)F. The van der Waals surface area contributed by atoms with Crippen LogP contribution in [0.15, 0.2) is 42.5 Å². The van der Waals surface area contributed by atoms with Crippen LogP contribution in [0.5, 0.6) is 5.75 Å². The molecule has 0 saturated carbocycles. The Balaban J connectivity index is 2.26. The Labute approximate surface area is 131 Å². The average Bonchev–Trinajstić information content (AvgIpc) is 2.43. The lowest BCUT2D eigenvalue weighted by Gasteiger charge is -2.20. The van der Waals surface area contributed by atoms with Gasteiger partial charge in [0.2, 0.25) is 0 Å².